The molecule has 5 rings (SSSR count). The number of quaternary nitrogens is 1. The molecule has 1 fully saturated rings. The summed E-state index contributed by atoms with van der Waals surface area (Å²) in [4.78, 5) is 29.5. The van der Waals surface area contributed by atoms with E-state index in [1.165, 1.54) is 6.07 Å². The van der Waals surface area contributed by atoms with Crippen molar-refractivity contribution in [1.82, 2.24) is 4.48 Å². The number of para-hydroxylation sites is 1. The molecule has 1 saturated carbocycles. The van der Waals surface area contributed by atoms with Gasteiger partial charge >= 0.3 is 12.2 Å². The fourth-order valence-corrected chi connectivity index (χ4v) is 5.82. The van der Waals surface area contributed by atoms with Crippen molar-refractivity contribution >= 4 is 29.5 Å². The zero-order valence-electron chi connectivity index (χ0n) is 23.6. The number of carbonyl (C=O) groups is 2. The van der Waals surface area contributed by atoms with Gasteiger partial charge in [0.2, 0.25) is 0 Å². The van der Waals surface area contributed by atoms with E-state index in [0.717, 1.165) is 48.8 Å². The van der Waals surface area contributed by atoms with E-state index in [4.69, 9.17) is 14.2 Å². The maximum Gasteiger partial charge on any atom is 0.508 e. The number of benzene rings is 3. The lowest BCUT2D eigenvalue weighted by atomic mass is 9.98. The van der Waals surface area contributed by atoms with Gasteiger partial charge in [0, 0.05) is 5.56 Å². The molecular weight excluding hydrogens is 534 g/mol. The van der Waals surface area contributed by atoms with Crippen LogP contribution in [0.2, 0.25) is 0 Å². The number of fused-ring (bicyclic) bond motifs is 1. The molecule has 0 N–H and O–H groups in total. The lowest BCUT2D eigenvalue weighted by Crippen LogP contribution is -2.55. The molecule has 1 aliphatic carbocycles. The van der Waals surface area contributed by atoms with Crippen LogP contribution in [-0.4, -0.2) is 44.0 Å². The van der Waals surface area contributed by atoms with E-state index in [0.29, 0.717) is 29.6 Å². The van der Waals surface area contributed by atoms with Crippen LogP contribution in [0.5, 0.6) is 0 Å². The number of carbonyl (C=O) groups excluding carboxylic acids is 2. The van der Waals surface area contributed by atoms with Crippen LogP contribution in [-0.2, 0) is 20.8 Å². The van der Waals surface area contributed by atoms with Gasteiger partial charge in [-0.3, -0.25) is 0 Å². The third-order valence-electron chi connectivity index (χ3n) is 7.79. The number of aromatic carboxylic acids is 1. The van der Waals surface area contributed by atoms with Crippen LogP contribution in [0.1, 0.15) is 60.5 Å². The SMILES string of the molecule is CCOC1=Nc2cccc(C(=O)[O-])c2[N+]1(CCOC(=O)OC1CCCCC1)Cc1ccc(-c2ccccc2C#N)cc1. The summed E-state index contributed by atoms with van der Waals surface area (Å²) in [6.07, 6.45) is 3.97. The van der Waals surface area contributed by atoms with Crippen LogP contribution in [0, 0.1) is 11.3 Å². The van der Waals surface area contributed by atoms with Crippen LogP contribution < -0.4 is 9.59 Å². The molecule has 1 heterocycles. The zero-order chi connectivity index (χ0) is 29.5. The van der Waals surface area contributed by atoms with Gasteiger partial charge in [0.1, 0.15) is 31.5 Å². The average molecular weight is 568 g/mol. The van der Waals surface area contributed by atoms with E-state index in [2.05, 4.69) is 11.1 Å². The maximum absolute atomic E-state index is 12.6. The van der Waals surface area contributed by atoms with Crippen LogP contribution >= 0.6 is 0 Å². The van der Waals surface area contributed by atoms with Gasteiger partial charge in [0.05, 0.1) is 29.8 Å². The average Bonchev–Trinajstić information content (AvgIpc) is 3.30. The predicted octanol–water partition coefficient (Wildman–Crippen LogP) is 5.62. The fraction of sp³-hybridized carbons (Fsp3) is 0.333. The number of nitriles is 1. The van der Waals surface area contributed by atoms with E-state index in [9.17, 15) is 20.0 Å². The Morgan fingerprint density at radius 1 is 1.02 bits per heavy atom. The van der Waals surface area contributed by atoms with Crippen molar-refractivity contribution in [2.45, 2.75) is 51.7 Å². The first-order valence-corrected chi connectivity index (χ1v) is 14.3. The minimum atomic E-state index is -1.33. The molecule has 2 aliphatic rings. The first-order chi connectivity index (χ1) is 20.4. The molecule has 0 bridgehead atoms. The number of carboxylic acid groups (broad SMARTS) is 1. The molecule has 0 amide bonds. The summed E-state index contributed by atoms with van der Waals surface area (Å²) in [6, 6.07) is 22.5. The first-order valence-electron chi connectivity index (χ1n) is 14.3. The third kappa shape index (κ3) is 5.99. The molecule has 0 spiro atoms. The number of nitrogens with zero attached hydrogens (tertiary/aromatic N) is 3. The van der Waals surface area contributed by atoms with Gasteiger partial charge < -0.3 is 24.1 Å². The summed E-state index contributed by atoms with van der Waals surface area (Å²) in [5.74, 6) is -1.33. The van der Waals surface area contributed by atoms with E-state index < -0.39 is 12.1 Å². The second-order valence-electron chi connectivity index (χ2n) is 10.5. The minimum absolute atomic E-state index is 0.00435. The number of rotatable bonds is 9. The molecule has 0 saturated heterocycles. The van der Waals surface area contributed by atoms with Gasteiger partial charge in [0.15, 0.2) is 5.69 Å². The lowest BCUT2D eigenvalue weighted by Gasteiger charge is -2.34. The molecule has 9 heteroatoms. The van der Waals surface area contributed by atoms with E-state index in [1.807, 2.05) is 49.4 Å². The molecule has 0 aromatic heterocycles. The summed E-state index contributed by atoms with van der Waals surface area (Å²) in [5.41, 5.74) is 4.02. The molecule has 216 valence electrons. The predicted molar refractivity (Wildman–Crippen MR) is 156 cm³/mol. The summed E-state index contributed by atoms with van der Waals surface area (Å²) in [5, 5.41) is 21.8. The first kappa shape index (κ1) is 28.8. The van der Waals surface area contributed by atoms with Crippen LogP contribution in [0.3, 0.4) is 0 Å². The highest BCUT2D eigenvalue weighted by Gasteiger charge is 2.48. The Morgan fingerprint density at radius 2 is 1.79 bits per heavy atom. The summed E-state index contributed by atoms with van der Waals surface area (Å²) >= 11 is 0. The second kappa shape index (κ2) is 12.9. The number of carboxylic acids is 1. The van der Waals surface area contributed by atoms with E-state index in [1.54, 1.807) is 18.2 Å². The highest BCUT2D eigenvalue weighted by atomic mass is 16.7. The van der Waals surface area contributed by atoms with Gasteiger partial charge in [-0.25, -0.2) is 9.28 Å². The number of ether oxygens (including phenoxy) is 3. The van der Waals surface area contributed by atoms with Gasteiger partial charge in [-0.2, -0.15) is 10.3 Å². The van der Waals surface area contributed by atoms with E-state index >= 15 is 0 Å². The van der Waals surface area contributed by atoms with Gasteiger partial charge in [0.25, 0.3) is 0 Å². The molecule has 3 aromatic carbocycles. The third-order valence-corrected chi connectivity index (χ3v) is 7.79. The van der Waals surface area contributed by atoms with Gasteiger partial charge in [-0.15, -0.1) is 0 Å². The molecule has 9 nitrogen and oxygen atoms in total. The Balaban J connectivity index is 1.46. The van der Waals surface area contributed by atoms with Crippen molar-refractivity contribution in [1.29, 1.82) is 5.26 Å². The Morgan fingerprint density at radius 3 is 2.50 bits per heavy atom. The molecular formula is C33H33N3O6. The standard InChI is InChI=1S/C33H33N3O6/c1-2-40-32-35-29-14-8-13-28(31(37)38)30(29)36(32,19-20-41-33(39)42-26-10-4-3-5-11-26)22-23-15-17-24(18-16-23)27-12-7-6-9-25(27)21-34/h6-9,12-18,26H,2-5,10-11,19-20,22H2,1H3. The van der Waals surface area contributed by atoms with Crippen molar-refractivity contribution in [3.8, 4) is 17.2 Å². The maximum atomic E-state index is 12.6. The Hall–Kier alpha value is -4.68. The summed E-state index contributed by atoms with van der Waals surface area (Å²) < 4.78 is 17.0. The highest BCUT2D eigenvalue weighted by molar-refractivity contribution is 6.06. The zero-order valence-corrected chi connectivity index (χ0v) is 23.6. The number of hydrogen-bond donors (Lipinski definition) is 0. The highest BCUT2D eigenvalue weighted by Crippen LogP contribution is 2.45. The van der Waals surface area contributed by atoms with Crippen LogP contribution in [0.4, 0.5) is 16.2 Å². The quantitative estimate of drug-likeness (QED) is 0.243. The van der Waals surface area contributed by atoms with Crippen molar-refractivity contribution in [3.63, 3.8) is 0 Å². The van der Waals surface area contributed by atoms with E-state index in [-0.39, 0.29) is 35.8 Å². The molecule has 3 aromatic rings. The molecule has 42 heavy (non-hydrogen) atoms. The smallest absolute Gasteiger partial charge is 0.508 e. The van der Waals surface area contributed by atoms with Gasteiger partial charge in [-0.1, -0.05) is 55.0 Å². The Bertz CT molecular complexity index is 1520. The van der Waals surface area contributed by atoms with Crippen LogP contribution in [0.25, 0.3) is 11.1 Å². The summed E-state index contributed by atoms with van der Waals surface area (Å²) in [6.45, 7) is 2.53. The molecule has 1 unspecified atom stereocenters. The van der Waals surface area contributed by atoms with Crippen molar-refractivity contribution in [2.75, 3.05) is 19.8 Å². The second-order valence-corrected chi connectivity index (χ2v) is 10.5. The topological polar surface area (TPSA) is 121 Å². The number of amidine groups is 1. The Kier molecular flexibility index (Phi) is 8.84. The van der Waals surface area contributed by atoms with Crippen molar-refractivity contribution in [2.24, 2.45) is 4.99 Å². The number of hydrogen-bond acceptors (Lipinski definition) is 8. The van der Waals surface area contributed by atoms with Crippen molar-refractivity contribution in [3.05, 3.63) is 83.4 Å². The van der Waals surface area contributed by atoms with Crippen LogP contribution in [0.15, 0.2) is 71.7 Å². The monoisotopic (exact) mass is 567 g/mol. The summed E-state index contributed by atoms with van der Waals surface area (Å²) in [7, 11) is 0. The normalized spacial score (nSPS) is 18.0. The largest absolute Gasteiger partial charge is 0.545 e. The molecule has 1 aliphatic heterocycles. The van der Waals surface area contributed by atoms with Gasteiger partial charge in [-0.05, 0) is 61.9 Å². The lowest BCUT2D eigenvalue weighted by molar-refractivity contribution is -0.255. The van der Waals surface area contributed by atoms with Crippen molar-refractivity contribution < 1.29 is 28.9 Å². The minimum Gasteiger partial charge on any atom is -0.545 e. The molecule has 0 radical (unpaired) electrons. The number of aliphatic imine (C=N–C) groups is 1. The molecule has 1 atom stereocenters. The fourth-order valence-electron chi connectivity index (χ4n) is 5.82. The Labute approximate surface area is 245 Å².